The molecule has 1 unspecified atom stereocenters. The summed E-state index contributed by atoms with van der Waals surface area (Å²) in [6.45, 7) is 1.69. The Kier molecular flexibility index (Phi) is 4.16. The Morgan fingerprint density at radius 3 is 2.52 bits per heavy atom. The van der Waals surface area contributed by atoms with E-state index < -0.39 is 17.7 Å². The van der Waals surface area contributed by atoms with E-state index in [2.05, 4.69) is 4.98 Å². The molecule has 6 heteroatoms. The number of nitrogens with one attached hydrogen (secondary N) is 1. The molecular formula is C15H14F2N2O2. The first-order valence-corrected chi connectivity index (χ1v) is 6.31. The third kappa shape index (κ3) is 3.16. The number of halogens is 2. The van der Waals surface area contributed by atoms with Crippen molar-refractivity contribution in [3.8, 4) is 0 Å². The molecule has 110 valence electrons. The van der Waals surface area contributed by atoms with Gasteiger partial charge >= 0.3 is 0 Å². The summed E-state index contributed by atoms with van der Waals surface area (Å²) in [6, 6.07) is 5.71. The van der Waals surface area contributed by atoms with Crippen LogP contribution >= 0.6 is 0 Å². The lowest BCUT2D eigenvalue weighted by Gasteiger charge is -2.25. The van der Waals surface area contributed by atoms with Gasteiger partial charge in [0.05, 0.1) is 6.04 Å². The second-order valence-electron chi connectivity index (χ2n) is 4.71. The SMILES string of the molecule is CC(c1ccc(F)c(F)c1)N(C)C(=O)c1cc[nH]c(=O)c1. The van der Waals surface area contributed by atoms with E-state index in [9.17, 15) is 18.4 Å². The van der Waals surface area contributed by atoms with Crippen molar-refractivity contribution in [2.75, 3.05) is 7.05 Å². The van der Waals surface area contributed by atoms with Gasteiger partial charge < -0.3 is 9.88 Å². The monoisotopic (exact) mass is 292 g/mol. The zero-order valence-corrected chi connectivity index (χ0v) is 11.6. The van der Waals surface area contributed by atoms with Crippen LogP contribution in [0.15, 0.2) is 41.3 Å². The summed E-state index contributed by atoms with van der Waals surface area (Å²) in [7, 11) is 1.54. The van der Waals surface area contributed by atoms with E-state index in [1.165, 1.54) is 36.3 Å². The van der Waals surface area contributed by atoms with E-state index in [-0.39, 0.29) is 17.0 Å². The maximum Gasteiger partial charge on any atom is 0.254 e. The van der Waals surface area contributed by atoms with Crippen LogP contribution < -0.4 is 5.56 Å². The van der Waals surface area contributed by atoms with Gasteiger partial charge in [-0.25, -0.2) is 8.78 Å². The minimum atomic E-state index is -0.962. The number of rotatable bonds is 3. The lowest BCUT2D eigenvalue weighted by atomic mass is 10.1. The highest BCUT2D eigenvalue weighted by Crippen LogP contribution is 2.22. The molecule has 0 radical (unpaired) electrons. The summed E-state index contributed by atoms with van der Waals surface area (Å²) in [5, 5.41) is 0. The zero-order chi connectivity index (χ0) is 15.6. The molecule has 0 aliphatic heterocycles. The molecule has 0 saturated heterocycles. The maximum absolute atomic E-state index is 13.3. The third-order valence-corrected chi connectivity index (χ3v) is 3.35. The molecule has 2 aromatic rings. The average Bonchev–Trinajstić information content (AvgIpc) is 2.47. The van der Waals surface area contributed by atoms with Crippen molar-refractivity contribution in [2.24, 2.45) is 0 Å². The van der Waals surface area contributed by atoms with Crippen LogP contribution in [0.2, 0.25) is 0 Å². The number of aromatic nitrogens is 1. The summed E-state index contributed by atoms with van der Waals surface area (Å²) in [5.74, 6) is -2.27. The largest absolute Gasteiger partial charge is 0.335 e. The molecule has 4 nitrogen and oxygen atoms in total. The second kappa shape index (κ2) is 5.87. The molecule has 0 fully saturated rings. The highest BCUT2D eigenvalue weighted by atomic mass is 19.2. The lowest BCUT2D eigenvalue weighted by molar-refractivity contribution is 0.0742. The van der Waals surface area contributed by atoms with Gasteiger partial charge in [-0.1, -0.05) is 6.07 Å². The van der Waals surface area contributed by atoms with Gasteiger partial charge in [-0.05, 0) is 30.7 Å². The van der Waals surface area contributed by atoms with Crippen LogP contribution in [0.25, 0.3) is 0 Å². The Bertz CT molecular complexity index is 728. The molecule has 1 N–H and O–H groups in total. The number of nitrogens with zero attached hydrogens (tertiary/aromatic N) is 1. The third-order valence-electron chi connectivity index (χ3n) is 3.35. The van der Waals surface area contributed by atoms with Crippen molar-refractivity contribution < 1.29 is 13.6 Å². The highest BCUT2D eigenvalue weighted by molar-refractivity contribution is 5.94. The van der Waals surface area contributed by atoms with Gasteiger partial charge in [0, 0.05) is 24.9 Å². The van der Waals surface area contributed by atoms with Crippen molar-refractivity contribution in [1.82, 2.24) is 9.88 Å². The van der Waals surface area contributed by atoms with E-state index in [0.717, 1.165) is 12.1 Å². The fourth-order valence-corrected chi connectivity index (χ4v) is 1.95. The summed E-state index contributed by atoms with van der Waals surface area (Å²) < 4.78 is 26.2. The van der Waals surface area contributed by atoms with E-state index in [1.807, 2.05) is 0 Å². The molecule has 0 bridgehead atoms. The standard InChI is InChI=1S/C15H14F2N2O2/c1-9(10-3-4-12(16)13(17)7-10)19(2)15(21)11-5-6-18-14(20)8-11/h3-9H,1-2H3,(H,18,20). The average molecular weight is 292 g/mol. The molecule has 0 spiro atoms. The van der Waals surface area contributed by atoms with Crippen LogP contribution in [0.4, 0.5) is 8.78 Å². The summed E-state index contributed by atoms with van der Waals surface area (Å²) in [5.41, 5.74) is 0.319. The Balaban J connectivity index is 2.26. The van der Waals surface area contributed by atoms with Gasteiger partial charge in [0.25, 0.3) is 5.91 Å². The van der Waals surface area contributed by atoms with Crippen LogP contribution in [-0.4, -0.2) is 22.8 Å². The molecule has 1 amide bonds. The number of hydrogen-bond donors (Lipinski definition) is 1. The zero-order valence-electron chi connectivity index (χ0n) is 11.6. The Hall–Kier alpha value is -2.50. The number of pyridine rings is 1. The number of amides is 1. The number of carbonyl (C=O) groups is 1. The maximum atomic E-state index is 13.3. The fraction of sp³-hybridized carbons (Fsp3) is 0.200. The Labute approximate surface area is 120 Å². The molecule has 21 heavy (non-hydrogen) atoms. The minimum Gasteiger partial charge on any atom is -0.335 e. The molecule has 1 aromatic carbocycles. The topological polar surface area (TPSA) is 53.2 Å². The first-order chi connectivity index (χ1) is 9.90. The van der Waals surface area contributed by atoms with Crippen molar-refractivity contribution in [3.63, 3.8) is 0 Å². The molecule has 2 rings (SSSR count). The molecule has 0 aliphatic rings. The van der Waals surface area contributed by atoms with Crippen LogP contribution in [0.5, 0.6) is 0 Å². The fourth-order valence-electron chi connectivity index (χ4n) is 1.95. The van der Waals surface area contributed by atoms with Gasteiger partial charge in [-0.15, -0.1) is 0 Å². The lowest BCUT2D eigenvalue weighted by Crippen LogP contribution is -2.30. The van der Waals surface area contributed by atoms with Gasteiger partial charge in [-0.2, -0.15) is 0 Å². The van der Waals surface area contributed by atoms with Gasteiger partial charge in [0.1, 0.15) is 0 Å². The number of carbonyl (C=O) groups excluding carboxylic acids is 1. The van der Waals surface area contributed by atoms with Gasteiger partial charge in [-0.3, -0.25) is 9.59 Å². The van der Waals surface area contributed by atoms with Gasteiger partial charge in [0.15, 0.2) is 11.6 Å². The summed E-state index contributed by atoms with van der Waals surface area (Å²) in [4.78, 5) is 27.3. The van der Waals surface area contributed by atoms with Crippen molar-refractivity contribution in [3.05, 3.63) is 69.6 Å². The van der Waals surface area contributed by atoms with Crippen LogP contribution in [0.1, 0.15) is 28.9 Å². The molecule has 1 atom stereocenters. The summed E-state index contributed by atoms with van der Waals surface area (Å²) >= 11 is 0. The Morgan fingerprint density at radius 1 is 1.19 bits per heavy atom. The van der Waals surface area contributed by atoms with Crippen LogP contribution in [0.3, 0.4) is 0 Å². The highest BCUT2D eigenvalue weighted by Gasteiger charge is 2.20. The van der Waals surface area contributed by atoms with E-state index in [0.29, 0.717) is 5.56 Å². The van der Waals surface area contributed by atoms with Crippen LogP contribution in [-0.2, 0) is 0 Å². The van der Waals surface area contributed by atoms with Gasteiger partial charge in [0.2, 0.25) is 5.56 Å². The van der Waals surface area contributed by atoms with E-state index in [4.69, 9.17) is 0 Å². The number of benzene rings is 1. The smallest absolute Gasteiger partial charge is 0.254 e. The van der Waals surface area contributed by atoms with Crippen molar-refractivity contribution >= 4 is 5.91 Å². The number of hydrogen-bond acceptors (Lipinski definition) is 2. The first kappa shape index (κ1) is 14.9. The normalized spacial score (nSPS) is 12.0. The van der Waals surface area contributed by atoms with E-state index >= 15 is 0 Å². The Morgan fingerprint density at radius 2 is 1.90 bits per heavy atom. The predicted octanol–water partition coefficient (Wildman–Crippen LogP) is 2.49. The van der Waals surface area contributed by atoms with Crippen LogP contribution in [0, 0.1) is 11.6 Å². The quantitative estimate of drug-likeness (QED) is 0.945. The predicted molar refractivity (Wildman–Crippen MR) is 73.9 cm³/mol. The first-order valence-electron chi connectivity index (χ1n) is 6.31. The molecule has 0 saturated carbocycles. The number of H-pyrrole nitrogens is 1. The molecule has 1 heterocycles. The van der Waals surface area contributed by atoms with Crippen molar-refractivity contribution in [2.45, 2.75) is 13.0 Å². The molecule has 0 aliphatic carbocycles. The minimum absolute atomic E-state index is 0.232. The second-order valence-corrected chi connectivity index (χ2v) is 4.71. The summed E-state index contributed by atoms with van der Waals surface area (Å²) in [6.07, 6.45) is 1.38. The van der Waals surface area contributed by atoms with Crippen molar-refractivity contribution in [1.29, 1.82) is 0 Å². The van der Waals surface area contributed by atoms with E-state index in [1.54, 1.807) is 6.92 Å². The molecule has 1 aromatic heterocycles. The molecular weight excluding hydrogens is 278 g/mol. The number of aromatic amines is 1.